The molecule has 1 fully saturated rings. The van der Waals surface area contributed by atoms with Crippen LogP contribution >= 0.6 is 0 Å². The van der Waals surface area contributed by atoms with E-state index in [0.29, 0.717) is 6.54 Å². The molecule has 2 aromatic carbocycles. The number of para-hydroxylation sites is 1. The molecule has 1 N–H and O–H groups in total. The molecule has 4 rings (SSSR count). The maximum absolute atomic E-state index is 12.8. The highest BCUT2D eigenvalue weighted by Gasteiger charge is 2.27. The molecule has 0 bridgehead atoms. The molecule has 0 aliphatic carbocycles. The van der Waals surface area contributed by atoms with Crippen molar-refractivity contribution >= 4 is 17.4 Å². The third-order valence-corrected chi connectivity index (χ3v) is 5.56. The molecule has 154 valence electrons. The van der Waals surface area contributed by atoms with Gasteiger partial charge in [0.1, 0.15) is 5.75 Å². The molecule has 0 radical (unpaired) electrons. The van der Waals surface area contributed by atoms with E-state index in [1.807, 2.05) is 67.6 Å². The average Bonchev–Trinajstić information content (AvgIpc) is 2.81. The number of ether oxygens (including phenoxy) is 1. The molecule has 1 saturated heterocycles. The number of rotatable bonds is 5. The molecule has 6 heteroatoms. The summed E-state index contributed by atoms with van der Waals surface area (Å²) in [6, 6.07) is 19.6. The standard InChI is InChI=1S/C24H26N4O2/c1-17-6-3-4-8-21(17)25-24(29)19-7-5-15-28(16-19)23-14-13-22(26-27-23)18-9-11-20(30-2)12-10-18/h3-4,6,8-14,19H,5,7,15-16H2,1-2H3,(H,25,29). The van der Waals surface area contributed by atoms with E-state index in [1.165, 1.54) is 0 Å². The topological polar surface area (TPSA) is 67.3 Å². The highest BCUT2D eigenvalue weighted by molar-refractivity contribution is 5.93. The van der Waals surface area contributed by atoms with Crippen molar-refractivity contribution < 1.29 is 9.53 Å². The third-order valence-electron chi connectivity index (χ3n) is 5.56. The van der Waals surface area contributed by atoms with Crippen LogP contribution in [-0.2, 0) is 4.79 Å². The number of amides is 1. The van der Waals surface area contributed by atoms with Gasteiger partial charge in [-0.3, -0.25) is 4.79 Å². The largest absolute Gasteiger partial charge is 0.497 e. The molecule has 1 atom stereocenters. The number of carbonyl (C=O) groups excluding carboxylic acids is 1. The van der Waals surface area contributed by atoms with Gasteiger partial charge in [0.05, 0.1) is 18.7 Å². The van der Waals surface area contributed by atoms with Crippen molar-refractivity contribution in [3.8, 4) is 17.0 Å². The fraction of sp³-hybridized carbons (Fsp3) is 0.292. The van der Waals surface area contributed by atoms with E-state index in [1.54, 1.807) is 7.11 Å². The van der Waals surface area contributed by atoms with Gasteiger partial charge >= 0.3 is 0 Å². The Labute approximate surface area is 176 Å². The normalized spacial score (nSPS) is 16.2. The van der Waals surface area contributed by atoms with Crippen LogP contribution in [0.5, 0.6) is 5.75 Å². The number of benzene rings is 2. The maximum atomic E-state index is 12.8. The maximum Gasteiger partial charge on any atom is 0.229 e. The van der Waals surface area contributed by atoms with Crippen LogP contribution < -0.4 is 15.0 Å². The van der Waals surface area contributed by atoms with Gasteiger partial charge in [0.2, 0.25) is 5.91 Å². The minimum absolute atomic E-state index is 0.0665. The van der Waals surface area contributed by atoms with Crippen molar-refractivity contribution in [1.29, 1.82) is 0 Å². The Morgan fingerprint density at radius 3 is 2.57 bits per heavy atom. The Kier molecular flexibility index (Phi) is 5.93. The molecule has 1 aliphatic rings. The number of hydrogen-bond acceptors (Lipinski definition) is 5. The van der Waals surface area contributed by atoms with Crippen LogP contribution in [0.3, 0.4) is 0 Å². The second-order valence-electron chi connectivity index (χ2n) is 7.59. The fourth-order valence-corrected chi connectivity index (χ4v) is 3.76. The van der Waals surface area contributed by atoms with Crippen LogP contribution in [0, 0.1) is 12.8 Å². The van der Waals surface area contributed by atoms with Crippen LogP contribution in [0.25, 0.3) is 11.3 Å². The number of hydrogen-bond donors (Lipinski definition) is 1. The average molecular weight is 402 g/mol. The number of aromatic nitrogens is 2. The molecule has 0 spiro atoms. The van der Waals surface area contributed by atoms with Gasteiger partial charge in [-0.1, -0.05) is 18.2 Å². The van der Waals surface area contributed by atoms with Crippen LogP contribution in [0.15, 0.2) is 60.7 Å². The van der Waals surface area contributed by atoms with Crippen LogP contribution in [0.4, 0.5) is 11.5 Å². The molecule has 2 heterocycles. The summed E-state index contributed by atoms with van der Waals surface area (Å²) in [6.07, 6.45) is 1.83. The van der Waals surface area contributed by atoms with E-state index in [4.69, 9.17) is 4.74 Å². The zero-order valence-electron chi connectivity index (χ0n) is 17.3. The summed E-state index contributed by atoms with van der Waals surface area (Å²) in [5.74, 6) is 1.62. The minimum Gasteiger partial charge on any atom is -0.497 e. The quantitative estimate of drug-likeness (QED) is 0.689. The van der Waals surface area contributed by atoms with Gasteiger partial charge in [-0.15, -0.1) is 10.2 Å². The lowest BCUT2D eigenvalue weighted by atomic mass is 9.97. The van der Waals surface area contributed by atoms with E-state index in [2.05, 4.69) is 20.4 Å². The SMILES string of the molecule is COc1ccc(-c2ccc(N3CCCC(C(=O)Nc4ccccc4C)C3)nn2)cc1. The van der Waals surface area contributed by atoms with Crippen molar-refractivity contribution in [2.45, 2.75) is 19.8 Å². The zero-order valence-corrected chi connectivity index (χ0v) is 17.3. The first kappa shape index (κ1) is 19.9. The first-order valence-corrected chi connectivity index (χ1v) is 10.2. The van der Waals surface area contributed by atoms with Gasteiger partial charge in [-0.25, -0.2) is 0 Å². The number of carbonyl (C=O) groups is 1. The van der Waals surface area contributed by atoms with E-state index in [-0.39, 0.29) is 11.8 Å². The Morgan fingerprint density at radius 1 is 1.07 bits per heavy atom. The summed E-state index contributed by atoms with van der Waals surface area (Å²) in [4.78, 5) is 15.0. The second-order valence-corrected chi connectivity index (χ2v) is 7.59. The molecular weight excluding hydrogens is 376 g/mol. The number of anilines is 2. The lowest BCUT2D eigenvalue weighted by molar-refractivity contribution is -0.120. The molecule has 1 amide bonds. The molecule has 0 saturated carbocycles. The Bertz CT molecular complexity index is 1000. The summed E-state index contributed by atoms with van der Waals surface area (Å²) in [5.41, 5.74) is 3.75. The van der Waals surface area contributed by atoms with Gasteiger partial charge in [-0.2, -0.15) is 0 Å². The summed E-state index contributed by atoms with van der Waals surface area (Å²) in [7, 11) is 1.65. The molecule has 1 unspecified atom stereocenters. The highest BCUT2D eigenvalue weighted by atomic mass is 16.5. The van der Waals surface area contributed by atoms with Gasteiger partial charge in [0.15, 0.2) is 5.82 Å². The van der Waals surface area contributed by atoms with E-state index >= 15 is 0 Å². The Hall–Kier alpha value is -3.41. The van der Waals surface area contributed by atoms with Crippen molar-refractivity contribution in [1.82, 2.24) is 10.2 Å². The summed E-state index contributed by atoms with van der Waals surface area (Å²) < 4.78 is 5.20. The highest BCUT2D eigenvalue weighted by Crippen LogP contribution is 2.25. The number of piperidine rings is 1. The third kappa shape index (κ3) is 4.43. The smallest absolute Gasteiger partial charge is 0.229 e. The Morgan fingerprint density at radius 2 is 1.87 bits per heavy atom. The monoisotopic (exact) mass is 402 g/mol. The van der Waals surface area contributed by atoms with Crippen LogP contribution in [0.1, 0.15) is 18.4 Å². The van der Waals surface area contributed by atoms with Gasteiger partial charge in [-0.05, 0) is 67.8 Å². The summed E-state index contributed by atoms with van der Waals surface area (Å²) in [6.45, 7) is 3.53. The van der Waals surface area contributed by atoms with E-state index in [9.17, 15) is 4.79 Å². The number of aryl methyl sites for hydroxylation is 1. The Balaban J connectivity index is 1.42. The first-order valence-electron chi connectivity index (χ1n) is 10.2. The predicted molar refractivity (Wildman–Crippen MR) is 119 cm³/mol. The van der Waals surface area contributed by atoms with Gasteiger partial charge in [0.25, 0.3) is 0 Å². The lowest BCUT2D eigenvalue weighted by Gasteiger charge is -2.32. The molecule has 6 nitrogen and oxygen atoms in total. The number of nitrogens with zero attached hydrogens (tertiary/aromatic N) is 3. The molecule has 1 aromatic heterocycles. The number of nitrogens with one attached hydrogen (secondary N) is 1. The molecule has 30 heavy (non-hydrogen) atoms. The first-order chi connectivity index (χ1) is 14.6. The molecule has 3 aromatic rings. The number of methoxy groups -OCH3 is 1. The van der Waals surface area contributed by atoms with Crippen LogP contribution in [0.2, 0.25) is 0 Å². The van der Waals surface area contributed by atoms with Gasteiger partial charge < -0.3 is 15.0 Å². The lowest BCUT2D eigenvalue weighted by Crippen LogP contribution is -2.41. The van der Waals surface area contributed by atoms with E-state index < -0.39 is 0 Å². The molecular formula is C24H26N4O2. The zero-order chi connectivity index (χ0) is 20.9. The van der Waals surface area contributed by atoms with Crippen molar-refractivity contribution in [3.05, 3.63) is 66.2 Å². The van der Waals surface area contributed by atoms with Crippen molar-refractivity contribution in [2.24, 2.45) is 5.92 Å². The van der Waals surface area contributed by atoms with Crippen molar-refractivity contribution in [2.75, 3.05) is 30.4 Å². The molecule has 1 aliphatic heterocycles. The van der Waals surface area contributed by atoms with Crippen molar-refractivity contribution in [3.63, 3.8) is 0 Å². The fourth-order valence-electron chi connectivity index (χ4n) is 3.76. The van der Waals surface area contributed by atoms with Crippen LogP contribution in [-0.4, -0.2) is 36.3 Å². The predicted octanol–water partition coefficient (Wildman–Crippen LogP) is 4.32. The van der Waals surface area contributed by atoms with Gasteiger partial charge in [0, 0.05) is 24.3 Å². The summed E-state index contributed by atoms with van der Waals surface area (Å²) in [5, 5.41) is 11.9. The summed E-state index contributed by atoms with van der Waals surface area (Å²) >= 11 is 0. The minimum atomic E-state index is -0.0681. The van der Waals surface area contributed by atoms with E-state index in [0.717, 1.165) is 53.5 Å². The second kappa shape index (κ2) is 8.95.